The topological polar surface area (TPSA) is 85.8 Å². The first-order valence-corrected chi connectivity index (χ1v) is 7.62. The molecule has 1 atom stereocenters. The lowest BCUT2D eigenvalue weighted by atomic mass is 9.97. The second-order valence-corrected chi connectivity index (χ2v) is 5.65. The van der Waals surface area contributed by atoms with Crippen LogP contribution < -0.4 is 10.6 Å². The molecular weight excluding hydrogens is 282 g/mol. The van der Waals surface area contributed by atoms with Gasteiger partial charge in [0.2, 0.25) is 5.95 Å². The Morgan fingerprint density at radius 3 is 3.14 bits per heavy atom. The zero-order valence-electron chi connectivity index (χ0n) is 13.0. The Morgan fingerprint density at radius 2 is 2.36 bits per heavy atom. The summed E-state index contributed by atoms with van der Waals surface area (Å²) in [7, 11) is 0. The van der Waals surface area contributed by atoms with E-state index < -0.39 is 0 Å². The standard InChI is InChI=1S/C15H21N5O2/c1-3-22-14(21)11-5-4-6-19(8-11)12-9-20-13(7-10(12)2)17-15(16)18-20/h7,9,11H,3-6,8H2,1-2H3,(H2,16,18). The van der Waals surface area contributed by atoms with Crippen molar-refractivity contribution in [3.63, 3.8) is 0 Å². The first-order chi connectivity index (χ1) is 10.6. The van der Waals surface area contributed by atoms with Crippen molar-refractivity contribution in [2.75, 3.05) is 30.3 Å². The summed E-state index contributed by atoms with van der Waals surface area (Å²) >= 11 is 0. The maximum absolute atomic E-state index is 12.0. The molecule has 0 saturated carbocycles. The lowest BCUT2D eigenvalue weighted by Gasteiger charge is -2.34. The number of hydrogen-bond acceptors (Lipinski definition) is 6. The molecule has 2 N–H and O–H groups in total. The fraction of sp³-hybridized carbons (Fsp3) is 0.533. The van der Waals surface area contributed by atoms with Gasteiger partial charge in [0.05, 0.1) is 24.4 Å². The third-order valence-electron chi connectivity index (χ3n) is 4.05. The van der Waals surface area contributed by atoms with Crippen LogP contribution in [0.1, 0.15) is 25.3 Å². The number of aryl methyl sites for hydroxylation is 1. The van der Waals surface area contributed by atoms with Crippen LogP contribution in [0, 0.1) is 12.8 Å². The van der Waals surface area contributed by atoms with E-state index in [1.54, 1.807) is 4.52 Å². The molecule has 0 aliphatic carbocycles. The number of hydrogen-bond donors (Lipinski definition) is 1. The monoisotopic (exact) mass is 303 g/mol. The van der Waals surface area contributed by atoms with Crippen LogP contribution in [0.15, 0.2) is 12.3 Å². The smallest absolute Gasteiger partial charge is 0.310 e. The van der Waals surface area contributed by atoms with Crippen molar-refractivity contribution < 1.29 is 9.53 Å². The van der Waals surface area contributed by atoms with Gasteiger partial charge in [0, 0.05) is 13.1 Å². The third-order valence-corrected chi connectivity index (χ3v) is 4.05. The number of piperidine rings is 1. The first kappa shape index (κ1) is 14.6. The summed E-state index contributed by atoms with van der Waals surface area (Å²) in [6.45, 7) is 5.90. The summed E-state index contributed by atoms with van der Waals surface area (Å²) in [6, 6.07) is 1.96. The highest BCUT2D eigenvalue weighted by Crippen LogP contribution is 2.27. The third kappa shape index (κ3) is 2.70. The molecule has 7 nitrogen and oxygen atoms in total. The van der Waals surface area contributed by atoms with Crippen LogP contribution in [0.3, 0.4) is 0 Å². The molecule has 22 heavy (non-hydrogen) atoms. The lowest BCUT2D eigenvalue weighted by Crippen LogP contribution is -2.39. The van der Waals surface area contributed by atoms with E-state index in [1.165, 1.54) is 0 Å². The van der Waals surface area contributed by atoms with Crippen molar-refractivity contribution >= 4 is 23.3 Å². The minimum absolute atomic E-state index is 0.0652. The van der Waals surface area contributed by atoms with Gasteiger partial charge in [0.25, 0.3) is 0 Å². The van der Waals surface area contributed by atoms with Crippen LogP contribution in [0.5, 0.6) is 0 Å². The Kier molecular flexibility index (Phi) is 3.87. The number of aromatic nitrogens is 3. The molecule has 1 saturated heterocycles. The largest absolute Gasteiger partial charge is 0.466 e. The summed E-state index contributed by atoms with van der Waals surface area (Å²) in [5.41, 5.74) is 8.54. The summed E-state index contributed by atoms with van der Waals surface area (Å²) in [5.74, 6) is 0.0974. The van der Waals surface area contributed by atoms with Crippen LogP contribution in [0.25, 0.3) is 5.65 Å². The van der Waals surface area contributed by atoms with Gasteiger partial charge in [-0.1, -0.05) is 0 Å². The van der Waals surface area contributed by atoms with Crippen LogP contribution in [0.2, 0.25) is 0 Å². The van der Waals surface area contributed by atoms with Crippen molar-refractivity contribution in [3.05, 3.63) is 17.8 Å². The summed E-state index contributed by atoms with van der Waals surface area (Å²) in [6.07, 6.45) is 3.79. The van der Waals surface area contributed by atoms with E-state index in [0.717, 1.165) is 36.3 Å². The number of fused-ring (bicyclic) bond motifs is 1. The highest BCUT2D eigenvalue weighted by Gasteiger charge is 2.27. The molecule has 2 aromatic rings. The van der Waals surface area contributed by atoms with Crippen molar-refractivity contribution in [2.45, 2.75) is 26.7 Å². The Labute approximate surface area is 129 Å². The lowest BCUT2D eigenvalue weighted by molar-refractivity contribution is -0.148. The highest BCUT2D eigenvalue weighted by atomic mass is 16.5. The van der Waals surface area contributed by atoms with E-state index in [-0.39, 0.29) is 17.8 Å². The van der Waals surface area contributed by atoms with E-state index in [0.29, 0.717) is 13.2 Å². The molecule has 0 aromatic carbocycles. The summed E-state index contributed by atoms with van der Waals surface area (Å²) in [4.78, 5) is 18.4. The van der Waals surface area contributed by atoms with Gasteiger partial charge in [0.1, 0.15) is 0 Å². The van der Waals surface area contributed by atoms with Gasteiger partial charge in [-0.2, -0.15) is 4.98 Å². The molecule has 118 valence electrons. The Morgan fingerprint density at radius 1 is 1.55 bits per heavy atom. The van der Waals surface area contributed by atoms with E-state index in [4.69, 9.17) is 10.5 Å². The number of nitrogens with two attached hydrogens (primary N) is 1. The van der Waals surface area contributed by atoms with Crippen molar-refractivity contribution in [1.82, 2.24) is 14.6 Å². The molecule has 0 spiro atoms. The van der Waals surface area contributed by atoms with Gasteiger partial charge >= 0.3 is 5.97 Å². The number of carbonyl (C=O) groups excluding carboxylic acids is 1. The van der Waals surface area contributed by atoms with Crippen LogP contribution in [0.4, 0.5) is 11.6 Å². The number of nitrogens with zero attached hydrogens (tertiary/aromatic N) is 4. The van der Waals surface area contributed by atoms with Gasteiger partial charge in [-0.05, 0) is 38.3 Å². The second kappa shape index (κ2) is 5.82. The first-order valence-electron chi connectivity index (χ1n) is 7.62. The molecule has 1 aliphatic heterocycles. The Hall–Kier alpha value is -2.31. The average molecular weight is 303 g/mol. The quantitative estimate of drug-likeness (QED) is 0.863. The predicted molar refractivity (Wildman–Crippen MR) is 83.7 cm³/mol. The van der Waals surface area contributed by atoms with Crippen LogP contribution >= 0.6 is 0 Å². The molecule has 3 rings (SSSR count). The van der Waals surface area contributed by atoms with Gasteiger partial charge in [-0.25, -0.2) is 4.52 Å². The number of pyridine rings is 1. The number of anilines is 2. The molecule has 1 aliphatic rings. The van der Waals surface area contributed by atoms with Crippen molar-refractivity contribution in [3.8, 4) is 0 Å². The SMILES string of the molecule is CCOC(=O)C1CCCN(c2cn3nc(N)nc3cc2C)C1. The highest BCUT2D eigenvalue weighted by molar-refractivity contribution is 5.74. The van der Waals surface area contributed by atoms with Gasteiger partial charge in [-0.15, -0.1) is 5.10 Å². The minimum atomic E-state index is -0.101. The van der Waals surface area contributed by atoms with E-state index >= 15 is 0 Å². The number of rotatable bonds is 3. The fourth-order valence-corrected chi connectivity index (χ4v) is 3.01. The Balaban J connectivity index is 1.86. The summed E-state index contributed by atoms with van der Waals surface area (Å²) < 4.78 is 6.85. The van der Waals surface area contributed by atoms with Gasteiger partial charge in [-0.3, -0.25) is 4.79 Å². The molecule has 0 amide bonds. The maximum Gasteiger partial charge on any atom is 0.310 e. The molecule has 1 unspecified atom stereocenters. The van der Waals surface area contributed by atoms with E-state index in [2.05, 4.69) is 15.0 Å². The number of ether oxygens (including phenoxy) is 1. The zero-order chi connectivity index (χ0) is 15.7. The Bertz CT molecular complexity index is 697. The van der Waals surface area contributed by atoms with E-state index in [9.17, 15) is 4.79 Å². The fourth-order valence-electron chi connectivity index (χ4n) is 3.01. The number of carbonyl (C=O) groups is 1. The van der Waals surface area contributed by atoms with E-state index in [1.807, 2.05) is 26.1 Å². The average Bonchev–Trinajstić information content (AvgIpc) is 2.86. The number of esters is 1. The number of nitrogen functional groups attached to an aromatic ring is 1. The summed E-state index contributed by atoms with van der Waals surface area (Å²) in [5, 5.41) is 4.16. The molecule has 0 radical (unpaired) electrons. The van der Waals surface area contributed by atoms with Crippen LogP contribution in [-0.2, 0) is 9.53 Å². The normalized spacial score (nSPS) is 18.6. The molecular formula is C15H21N5O2. The molecule has 7 heteroatoms. The molecule has 0 bridgehead atoms. The minimum Gasteiger partial charge on any atom is -0.466 e. The zero-order valence-corrected chi connectivity index (χ0v) is 13.0. The van der Waals surface area contributed by atoms with Gasteiger partial charge < -0.3 is 15.4 Å². The molecule has 2 aromatic heterocycles. The van der Waals surface area contributed by atoms with Gasteiger partial charge in [0.15, 0.2) is 5.65 Å². The molecule has 3 heterocycles. The maximum atomic E-state index is 12.0. The molecule has 1 fully saturated rings. The van der Waals surface area contributed by atoms with Crippen molar-refractivity contribution in [2.24, 2.45) is 5.92 Å². The second-order valence-electron chi connectivity index (χ2n) is 5.65. The van der Waals surface area contributed by atoms with Crippen molar-refractivity contribution in [1.29, 1.82) is 0 Å². The van der Waals surface area contributed by atoms with Crippen LogP contribution in [-0.4, -0.2) is 40.3 Å². The predicted octanol–water partition coefficient (Wildman–Crippen LogP) is 1.40.